The van der Waals surface area contributed by atoms with Gasteiger partial charge in [-0.25, -0.2) is 8.78 Å². The van der Waals surface area contributed by atoms with Gasteiger partial charge in [-0.2, -0.15) is 0 Å². The Labute approximate surface area is 159 Å². The van der Waals surface area contributed by atoms with E-state index in [2.05, 4.69) is 0 Å². The molecule has 156 valence electrons. The average molecular weight is 390 g/mol. The van der Waals surface area contributed by atoms with Gasteiger partial charge in [0.25, 0.3) is 5.92 Å². The fourth-order valence-corrected chi connectivity index (χ4v) is 4.67. The molecule has 0 aromatic carbocycles. The number of hydrogen-bond donors (Lipinski definition) is 1. The zero-order valence-electron chi connectivity index (χ0n) is 16.1. The molecule has 0 spiro atoms. The summed E-state index contributed by atoms with van der Waals surface area (Å²) < 4.78 is 45.4. The third kappa shape index (κ3) is 5.18. The van der Waals surface area contributed by atoms with E-state index in [1.54, 1.807) is 0 Å². The second-order valence-electron chi connectivity index (χ2n) is 8.22. The lowest BCUT2D eigenvalue weighted by molar-refractivity contribution is -0.198. The summed E-state index contributed by atoms with van der Waals surface area (Å²) in [6.07, 6.45) is 2.67. The summed E-state index contributed by atoms with van der Waals surface area (Å²) >= 11 is 0. The second kappa shape index (κ2) is 9.14. The van der Waals surface area contributed by atoms with Crippen molar-refractivity contribution >= 4 is 5.97 Å². The van der Waals surface area contributed by atoms with Gasteiger partial charge in [0, 0.05) is 25.4 Å². The molecule has 2 heterocycles. The maximum absolute atomic E-state index is 14.1. The van der Waals surface area contributed by atoms with E-state index >= 15 is 0 Å². The number of ether oxygens (including phenoxy) is 3. The van der Waals surface area contributed by atoms with Crippen LogP contribution >= 0.6 is 0 Å². The number of rotatable bonds is 9. The average Bonchev–Trinajstić information content (AvgIpc) is 3.14. The van der Waals surface area contributed by atoms with Crippen molar-refractivity contribution in [1.29, 1.82) is 0 Å². The van der Waals surface area contributed by atoms with Gasteiger partial charge in [-0.1, -0.05) is 13.3 Å². The number of esters is 1. The van der Waals surface area contributed by atoms with Crippen LogP contribution in [-0.4, -0.2) is 48.2 Å². The zero-order chi connectivity index (χ0) is 19.4. The summed E-state index contributed by atoms with van der Waals surface area (Å²) in [6, 6.07) is 0. The lowest BCUT2D eigenvalue weighted by Gasteiger charge is -2.31. The molecule has 27 heavy (non-hydrogen) atoms. The Hall–Kier alpha value is -0.790. The molecule has 6 atom stereocenters. The van der Waals surface area contributed by atoms with Crippen molar-refractivity contribution < 1.29 is 32.9 Å². The number of aliphatic hydroxyl groups excluding tert-OH is 1. The van der Waals surface area contributed by atoms with Crippen LogP contribution in [0.15, 0.2) is 0 Å². The van der Waals surface area contributed by atoms with E-state index in [1.165, 1.54) is 0 Å². The molecule has 0 aromatic rings. The van der Waals surface area contributed by atoms with Gasteiger partial charge >= 0.3 is 5.97 Å². The Morgan fingerprint density at radius 2 is 2.19 bits per heavy atom. The summed E-state index contributed by atoms with van der Waals surface area (Å²) in [7, 11) is 0. The van der Waals surface area contributed by atoms with Gasteiger partial charge in [0.05, 0.1) is 12.5 Å². The van der Waals surface area contributed by atoms with E-state index in [1.807, 2.05) is 6.92 Å². The van der Waals surface area contributed by atoms with Gasteiger partial charge in [0.1, 0.15) is 12.2 Å². The Kier molecular flexibility index (Phi) is 7.08. The molecule has 2 aliphatic heterocycles. The minimum atomic E-state index is -3.07. The number of alkyl halides is 2. The van der Waals surface area contributed by atoms with Gasteiger partial charge in [-0.3, -0.25) is 4.79 Å². The highest BCUT2D eigenvalue weighted by atomic mass is 19.3. The number of aliphatic hydroxyl groups is 1. The summed E-state index contributed by atoms with van der Waals surface area (Å²) in [5, 5.41) is 10.1. The predicted molar refractivity (Wildman–Crippen MR) is 94.3 cm³/mol. The van der Waals surface area contributed by atoms with Crippen LogP contribution in [0.5, 0.6) is 0 Å². The molecular formula is C20H32F2O5. The number of fused-ring (bicyclic) bond motifs is 1. The first-order valence-electron chi connectivity index (χ1n) is 10.4. The second-order valence-corrected chi connectivity index (χ2v) is 8.22. The maximum Gasteiger partial charge on any atom is 0.306 e. The molecule has 1 N–H and O–H groups in total. The van der Waals surface area contributed by atoms with Crippen LogP contribution in [-0.2, 0) is 19.0 Å². The molecule has 5 nitrogen and oxygen atoms in total. The normalized spacial score (nSPS) is 35.1. The van der Waals surface area contributed by atoms with Crippen molar-refractivity contribution in [1.82, 2.24) is 0 Å². The Balaban J connectivity index is 1.59. The lowest BCUT2D eigenvalue weighted by Crippen LogP contribution is -2.36. The van der Waals surface area contributed by atoms with E-state index in [9.17, 15) is 18.7 Å². The smallest absolute Gasteiger partial charge is 0.306 e. The van der Waals surface area contributed by atoms with Crippen molar-refractivity contribution in [2.75, 3.05) is 6.61 Å². The Morgan fingerprint density at radius 1 is 1.37 bits per heavy atom. The molecule has 0 bridgehead atoms. The number of carbonyl (C=O) groups excluding carboxylic acids is 1. The summed E-state index contributed by atoms with van der Waals surface area (Å²) in [6.45, 7) is 2.53. The van der Waals surface area contributed by atoms with Crippen molar-refractivity contribution in [3.8, 4) is 0 Å². The number of unbranched alkanes of at least 4 members (excludes halogenated alkanes) is 1. The van der Waals surface area contributed by atoms with E-state index < -0.39 is 12.0 Å². The SMILES string of the molecule is CCCCC(F)(F)[C@@H](O)CC[C@H]1C(OC2CCCCO2)CC2OC(=O)CC21. The largest absolute Gasteiger partial charge is 0.462 e. The van der Waals surface area contributed by atoms with Gasteiger partial charge in [-0.15, -0.1) is 0 Å². The van der Waals surface area contributed by atoms with Crippen LogP contribution in [0, 0.1) is 11.8 Å². The van der Waals surface area contributed by atoms with Crippen molar-refractivity contribution in [3.05, 3.63) is 0 Å². The highest BCUT2D eigenvalue weighted by Crippen LogP contribution is 2.46. The molecule has 3 rings (SSSR count). The van der Waals surface area contributed by atoms with Crippen LogP contribution < -0.4 is 0 Å². The van der Waals surface area contributed by atoms with E-state index in [-0.39, 0.29) is 49.1 Å². The quantitative estimate of drug-likeness (QED) is 0.607. The van der Waals surface area contributed by atoms with Gasteiger partial charge < -0.3 is 19.3 Å². The summed E-state index contributed by atoms with van der Waals surface area (Å²) in [5.74, 6) is -3.37. The topological polar surface area (TPSA) is 65.0 Å². The summed E-state index contributed by atoms with van der Waals surface area (Å²) in [5.41, 5.74) is 0. The van der Waals surface area contributed by atoms with E-state index in [0.29, 0.717) is 38.7 Å². The lowest BCUT2D eigenvalue weighted by atomic mass is 9.86. The highest BCUT2D eigenvalue weighted by molar-refractivity contribution is 5.72. The van der Waals surface area contributed by atoms with Gasteiger partial charge in [0.2, 0.25) is 0 Å². The fraction of sp³-hybridized carbons (Fsp3) is 0.950. The first-order chi connectivity index (χ1) is 12.9. The number of carbonyl (C=O) groups is 1. The molecule has 7 heteroatoms. The minimum Gasteiger partial charge on any atom is -0.462 e. The molecule has 0 amide bonds. The molecule has 0 radical (unpaired) electrons. The zero-order valence-corrected chi connectivity index (χ0v) is 16.1. The van der Waals surface area contributed by atoms with E-state index in [0.717, 1.165) is 19.3 Å². The molecule has 3 aliphatic rings. The van der Waals surface area contributed by atoms with Gasteiger partial charge in [-0.05, 0) is 44.4 Å². The summed E-state index contributed by atoms with van der Waals surface area (Å²) in [4.78, 5) is 11.7. The standard InChI is InChI=1S/C20H32F2O5/c1-2-3-9-20(21,22)17(23)8-7-13-14-11-18(24)26-16(14)12-15(13)27-19-6-4-5-10-25-19/h13-17,19,23H,2-12H2,1H3/t13-,14?,15?,16?,17+,19?/m1/s1. The molecule has 3 fully saturated rings. The molecule has 0 aromatic heterocycles. The monoisotopic (exact) mass is 390 g/mol. The highest BCUT2D eigenvalue weighted by Gasteiger charge is 2.51. The van der Waals surface area contributed by atoms with Crippen LogP contribution in [0.3, 0.4) is 0 Å². The van der Waals surface area contributed by atoms with Crippen molar-refractivity contribution in [2.45, 2.75) is 102 Å². The van der Waals surface area contributed by atoms with Crippen molar-refractivity contribution in [2.24, 2.45) is 11.8 Å². The minimum absolute atomic E-state index is 0.00414. The third-order valence-electron chi connectivity index (χ3n) is 6.24. The first kappa shape index (κ1) is 20.9. The number of hydrogen-bond acceptors (Lipinski definition) is 5. The van der Waals surface area contributed by atoms with Crippen LogP contribution in [0.4, 0.5) is 8.78 Å². The Bertz CT molecular complexity index is 495. The molecule has 4 unspecified atom stereocenters. The molecule has 1 saturated carbocycles. The van der Waals surface area contributed by atoms with E-state index in [4.69, 9.17) is 14.2 Å². The number of halogens is 2. The predicted octanol–water partition coefficient (Wildman–Crippen LogP) is 3.82. The first-order valence-corrected chi connectivity index (χ1v) is 10.4. The molecule has 1 aliphatic carbocycles. The maximum atomic E-state index is 14.1. The fourth-order valence-electron chi connectivity index (χ4n) is 4.67. The van der Waals surface area contributed by atoms with Gasteiger partial charge in [0.15, 0.2) is 6.29 Å². The van der Waals surface area contributed by atoms with Crippen LogP contribution in [0.1, 0.15) is 71.1 Å². The molecular weight excluding hydrogens is 358 g/mol. The third-order valence-corrected chi connectivity index (χ3v) is 6.24. The molecule has 2 saturated heterocycles. The van der Waals surface area contributed by atoms with Crippen molar-refractivity contribution in [3.63, 3.8) is 0 Å². The Morgan fingerprint density at radius 3 is 2.89 bits per heavy atom. The van der Waals surface area contributed by atoms with Crippen LogP contribution in [0.2, 0.25) is 0 Å². The van der Waals surface area contributed by atoms with Crippen LogP contribution in [0.25, 0.3) is 0 Å².